The molecule has 0 saturated carbocycles. The van der Waals surface area contributed by atoms with Gasteiger partial charge in [-0.2, -0.15) is 0 Å². The van der Waals surface area contributed by atoms with Gasteiger partial charge in [-0.05, 0) is 68.7 Å². The summed E-state index contributed by atoms with van der Waals surface area (Å²) in [5.41, 5.74) is 0.646. The molecule has 0 spiro atoms. The van der Waals surface area contributed by atoms with E-state index >= 15 is 0 Å². The van der Waals surface area contributed by atoms with Crippen molar-refractivity contribution < 1.29 is 32.6 Å². The summed E-state index contributed by atoms with van der Waals surface area (Å²) >= 11 is 0. The Hall–Kier alpha value is -3.87. The molecule has 3 aromatic carbocycles. The summed E-state index contributed by atoms with van der Waals surface area (Å²) in [5.74, 6) is -4.42. The van der Waals surface area contributed by atoms with Crippen molar-refractivity contribution in [3.05, 3.63) is 101 Å². The molecule has 0 bridgehead atoms. The van der Waals surface area contributed by atoms with Crippen LogP contribution in [-0.2, 0) is 20.9 Å². The van der Waals surface area contributed by atoms with E-state index in [2.05, 4.69) is 0 Å². The van der Waals surface area contributed by atoms with Gasteiger partial charge in [-0.15, -0.1) is 0 Å². The van der Waals surface area contributed by atoms with Crippen LogP contribution in [0.1, 0.15) is 79.9 Å². The molecule has 0 amide bonds. The van der Waals surface area contributed by atoms with Crippen molar-refractivity contribution in [2.75, 3.05) is 0 Å². The summed E-state index contributed by atoms with van der Waals surface area (Å²) in [6, 6.07) is 17.2. The van der Waals surface area contributed by atoms with Gasteiger partial charge >= 0.3 is 5.97 Å². The Bertz CT molecular complexity index is 1290. The van der Waals surface area contributed by atoms with Gasteiger partial charge in [-0.1, -0.05) is 49.4 Å². The van der Waals surface area contributed by atoms with Gasteiger partial charge in [0.05, 0.1) is 17.9 Å². The Morgan fingerprint density at radius 1 is 0.868 bits per heavy atom. The minimum atomic E-state index is -1.19. The van der Waals surface area contributed by atoms with Gasteiger partial charge in [0.15, 0.2) is 5.78 Å². The third kappa shape index (κ3) is 7.57. The number of carbonyl (C=O) groups excluding carboxylic acids is 3. The Kier molecular flexibility index (Phi) is 9.15. The number of hydrogen-bond acceptors (Lipinski definition) is 5. The van der Waals surface area contributed by atoms with Crippen molar-refractivity contribution in [2.45, 2.75) is 65.1 Å². The Balaban J connectivity index is 1.85. The molecule has 0 heterocycles. The number of benzene rings is 3. The summed E-state index contributed by atoms with van der Waals surface area (Å²) in [6.07, 6.45) is -0.400. The minimum absolute atomic E-state index is 0.0802. The second-order valence-electron chi connectivity index (χ2n) is 10.2. The molecule has 0 aromatic heterocycles. The summed E-state index contributed by atoms with van der Waals surface area (Å²) < 4.78 is 40.2. The zero-order valence-corrected chi connectivity index (χ0v) is 22.2. The highest BCUT2D eigenvalue weighted by Gasteiger charge is 2.31. The van der Waals surface area contributed by atoms with Gasteiger partial charge in [-0.25, -0.2) is 8.78 Å². The fourth-order valence-corrected chi connectivity index (χ4v) is 3.94. The zero-order chi connectivity index (χ0) is 28.0. The molecule has 38 heavy (non-hydrogen) atoms. The van der Waals surface area contributed by atoms with Gasteiger partial charge in [0.25, 0.3) is 0 Å². The highest BCUT2D eigenvalue weighted by Crippen LogP contribution is 2.31. The van der Waals surface area contributed by atoms with Gasteiger partial charge in [0, 0.05) is 5.92 Å². The quantitative estimate of drug-likeness (QED) is 0.213. The number of rotatable bonds is 10. The molecule has 0 saturated heterocycles. The van der Waals surface area contributed by atoms with Crippen LogP contribution in [0.15, 0.2) is 66.7 Å². The fraction of sp³-hybridized carbons (Fsp3) is 0.323. The highest BCUT2D eigenvalue weighted by molar-refractivity contribution is 6.03. The number of ether oxygens (including phenoxy) is 2. The third-order valence-corrected chi connectivity index (χ3v) is 6.07. The molecule has 0 aliphatic carbocycles. The van der Waals surface area contributed by atoms with E-state index in [0.29, 0.717) is 11.3 Å². The summed E-state index contributed by atoms with van der Waals surface area (Å²) in [5, 5.41) is 0. The van der Waals surface area contributed by atoms with Crippen molar-refractivity contribution >= 4 is 17.5 Å². The van der Waals surface area contributed by atoms with Crippen LogP contribution >= 0.6 is 0 Å². The first kappa shape index (κ1) is 28.7. The molecular formula is C31H32F2O5. The van der Waals surface area contributed by atoms with E-state index in [1.54, 1.807) is 52.0 Å². The number of carbonyl (C=O) groups is 3. The maximum Gasteiger partial charge on any atom is 0.307 e. The molecule has 0 aliphatic rings. The molecule has 5 nitrogen and oxygen atoms in total. The highest BCUT2D eigenvalue weighted by atomic mass is 19.1. The van der Waals surface area contributed by atoms with Crippen LogP contribution in [0.25, 0.3) is 0 Å². The van der Waals surface area contributed by atoms with Gasteiger partial charge in [0.1, 0.15) is 35.4 Å². The topological polar surface area (TPSA) is 69.7 Å². The SMILES string of the molecule is CC(=O)C(C)c1ccc(COc2cccc(C(CC(=O)OC(C)(C)C)C(=O)c3c(F)cccc3F)c2)cc1. The number of halogens is 2. The van der Waals surface area contributed by atoms with Gasteiger partial charge < -0.3 is 9.47 Å². The van der Waals surface area contributed by atoms with Gasteiger partial charge in [0.2, 0.25) is 0 Å². The third-order valence-electron chi connectivity index (χ3n) is 6.07. The molecule has 7 heteroatoms. The van der Waals surface area contributed by atoms with Crippen LogP contribution in [0.5, 0.6) is 5.75 Å². The van der Waals surface area contributed by atoms with Crippen molar-refractivity contribution in [1.29, 1.82) is 0 Å². The van der Waals surface area contributed by atoms with Crippen LogP contribution in [0.2, 0.25) is 0 Å². The van der Waals surface area contributed by atoms with E-state index in [4.69, 9.17) is 9.47 Å². The molecule has 2 unspecified atom stereocenters. The molecule has 0 aliphatic heterocycles. The van der Waals surface area contributed by atoms with Crippen molar-refractivity contribution in [1.82, 2.24) is 0 Å². The van der Waals surface area contributed by atoms with E-state index in [1.165, 1.54) is 6.07 Å². The first-order valence-electron chi connectivity index (χ1n) is 12.4. The zero-order valence-electron chi connectivity index (χ0n) is 22.2. The lowest BCUT2D eigenvalue weighted by Gasteiger charge is -2.22. The maximum atomic E-state index is 14.5. The van der Waals surface area contributed by atoms with E-state index in [-0.39, 0.29) is 18.3 Å². The van der Waals surface area contributed by atoms with Crippen LogP contribution in [-0.4, -0.2) is 23.1 Å². The summed E-state index contributed by atoms with van der Waals surface area (Å²) in [4.78, 5) is 37.6. The first-order chi connectivity index (χ1) is 17.9. The molecule has 2 atom stereocenters. The minimum Gasteiger partial charge on any atom is -0.489 e. The predicted octanol–water partition coefficient (Wildman–Crippen LogP) is 6.93. The van der Waals surface area contributed by atoms with Crippen molar-refractivity contribution in [3.63, 3.8) is 0 Å². The maximum absolute atomic E-state index is 14.5. The normalized spacial score (nSPS) is 12.9. The van der Waals surface area contributed by atoms with Crippen LogP contribution in [0.4, 0.5) is 8.78 Å². The number of esters is 1. The van der Waals surface area contributed by atoms with Crippen molar-refractivity contribution in [2.24, 2.45) is 0 Å². The lowest BCUT2D eigenvalue weighted by molar-refractivity contribution is -0.155. The predicted molar refractivity (Wildman–Crippen MR) is 140 cm³/mol. The van der Waals surface area contributed by atoms with E-state index in [0.717, 1.165) is 23.3 Å². The van der Waals surface area contributed by atoms with E-state index in [1.807, 2.05) is 31.2 Å². The second-order valence-corrected chi connectivity index (χ2v) is 10.2. The summed E-state index contributed by atoms with van der Waals surface area (Å²) in [7, 11) is 0. The van der Waals surface area contributed by atoms with Crippen LogP contribution < -0.4 is 4.74 Å². The molecule has 200 valence electrons. The average Bonchev–Trinajstić information content (AvgIpc) is 2.84. The molecule has 3 aromatic rings. The second kappa shape index (κ2) is 12.1. The molecule has 3 rings (SSSR count). The average molecular weight is 523 g/mol. The lowest BCUT2D eigenvalue weighted by atomic mass is 9.87. The van der Waals surface area contributed by atoms with E-state index < -0.39 is 46.9 Å². The standard InChI is InChI=1S/C31H32F2O5/c1-19(20(2)34)22-14-12-21(13-15-22)18-37-24-9-6-8-23(16-24)25(17-28(35)38-31(3,4)5)30(36)29-26(32)10-7-11-27(29)33/h6-16,19,25H,17-18H2,1-5H3. The largest absolute Gasteiger partial charge is 0.489 e. The molecule has 0 N–H and O–H groups in total. The molecule has 0 fully saturated rings. The smallest absolute Gasteiger partial charge is 0.307 e. The summed E-state index contributed by atoms with van der Waals surface area (Å²) in [6.45, 7) is 8.70. The van der Waals surface area contributed by atoms with Crippen molar-refractivity contribution in [3.8, 4) is 5.75 Å². The van der Waals surface area contributed by atoms with Gasteiger partial charge in [-0.3, -0.25) is 14.4 Å². The first-order valence-corrected chi connectivity index (χ1v) is 12.4. The monoisotopic (exact) mass is 522 g/mol. The Morgan fingerprint density at radius 2 is 1.47 bits per heavy atom. The fourth-order valence-electron chi connectivity index (χ4n) is 3.94. The van der Waals surface area contributed by atoms with Crippen LogP contribution in [0, 0.1) is 11.6 Å². The number of hydrogen-bond donors (Lipinski definition) is 0. The lowest BCUT2D eigenvalue weighted by Crippen LogP contribution is -2.27. The van der Waals surface area contributed by atoms with Crippen LogP contribution in [0.3, 0.4) is 0 Å². The van der Waals surface area contributed by atoms with E-state index in [9.17, 15) is 23.2 Å². The Morgan fingerprint density at radius 3 is 2.05 bits per heavy atom. The number of ketones is 2. The molecular weight excluding hydrogens is 490 g/mol. The molecule has 0 radical (unpaired) electrons. The Labute approximate surface area is 221 Å². The number of Topliss-reactive ketones (excluding diaryl/α,β-unsaturated/α-hetero) is 2.